The highest BCUT2D eigenvalue weighted by atomic mass is 79.9. The molecule has 0 heterocycles. The maximum atomic E-state index is 14.0. The molecule has 2 rings (SSSR count). The predicted octanol–water partition coefficient (Wildman–Crippen LogP) is 5.40. The molecule has 5 heteroatoms. The fraction of sp³-hybridized carbons (Fsp3) is 0.200. The Bertz CT molecular complexity index is 619. The van der Waals surface area contributed by atoms with Crippen molar-refractivity contribution in [2.45, 2.75) is 12.5 Å². The van der Waals surface area contributed by atoms with Gasteiger partial charge in [-0.25, -0.2) is 4.39 Å². The summed E-state index contributed by atoms with van der Waals surface area (Å²) < 4.78 is 14.8. The lowest BCUT2D eigenvalue weighted by Crippen LogP contribution is -2.19. The molecule has 2 aromatic rings. The third-order valence-corrected chi connectivity index (χ3v) is 4.66. The van der Waals surface area contributed by atoms with Gasteiger partial charge in [-0.15, -0.1) is 0 Å². The normalized spacial score (nSPS) is 12.4. The summed E-state index contributed by atoms with van der Waals surface area (Å²) in [6, 6.07) is 10.7. The summed E-state index contributed by atoms with van der Waals surface area (Å²) in [5, 5.41) is 3.98. The van der Waals surface area contributed by atoms with Crippen LogP contribution >= 0.6 is 39.1 Å². The summed E-state index contributed by atoms with van der Waals surface area (Å²) >= 11 is 15.2. The van der Waals surface area contributed by atoms with Gasteiger partial charge in [-0.3, -0.25) is 0 Å². The van der Waals surface area contributed by atoms with Gasteiger partial charge < -0.3 is 5.32 Å². The van der Waals surface area contributed by atoms with Gasteiger partial charge in [0.05, 0.1) is 10.0 Å². The van der Waals surface area contributed by atoms with E-state index in [4.69, 9.17) is 23.2 Å². The van der Waals surface area contributed by atoms with Crippen LogP contribution in [0.1, 0.15) is 17.2 Å². The Morgan fingerprint density at radius 3 is 2.60 bits per heavy atom. The van der Waals surface area contributed by atoms with Gasteiger partial charge in [0.25, 0.3) is 0 Å². The van der Waals surface area contributed by atoms with Gasteiger partial charge in [-0.05, 0) is 58.7 Å². The second kappa shape index (κ2) is 6.90. The Morgan fingerprint density at radius 2 is 1.95 bits per heavy atom. The molecule has 0 aliphatic carbocycles. The van der Waals surface area contributed by atoms with E-state index in [0.29, 0.717) is 17.0 Å². The highest BCUT2D eigenvalue weighted by Gasteiger charge is 2.15. The minimum Gasteiger partial charge on any atom is -0.313 e. The van der Waals surface area contributed by atoms with Crippen molar-refractivity contribution in [1.82, 2.24) is 5.32 Å². The zero-order valence-corrected chi connectivity index (χ0v) is 13.9. The second-order valence-corrected chi connectivity index (χ2v) is 6.10. The van der Waals surface area contributed by atoms with Crippen LogP contribution in [0.3, 0.4) is 0 Å². The molecule has 2 aromatic carbocycles. The molecule has 1 N–H and O–H groups in total. The molecule has 0 aliphatic rings. The van der Waals surface area contributed by atoms with Crippen LogP contribution in [0.5, 0.6) is 0 Å². The average Bonchev–Trinajstić information content (AvgIpc) is 2.44. The molecular formula is C15H13BrCl2FN. The topological polar surface area (TPSA) is 12.0 Å². The Kier molecular flexibility index (Phi) is 5.44. The van der Waals surface area contributed by atoms with Crippen LogP contribution in [-0.2, 0) is 6.42 Å². The molecule has 0 fully saturated rings. The smallest absolute Gasteiger partial charge is 0.145 e. The van der Waals surface area contributed by atoms with E-state index in [1.165, 1.54) is 0 Å². The van der Waals surface area contributed by atoms with Crippen molar-refractivity contribution < 1.29 is 4.39 Å². The molecule has 0 radical (unpaired) electrons. The minimum absolute atomic E-state index is 0.0171. The number of hydrogen-bond donors (Lipinski definition) is 1. The molecule has 0 spiro atoms. The summed E-state index contributed by atoms with van der Waals surface area (Å²) in [5.41, 5.74) is 1.62. The third kappa shape index (κ3) is 3.53. The zero-order chi connectivity index (χ0) is 14.7. The van der Waals surface area contributed by atoms with Gasteiger partial charge in [0, 0.05) is 10.5 Å². The average molecular weight is 377 g/mol. The minimum atomic E-state index is -0.359. The van der Waals surface area contributed by atoms with E-state index < -0.39 is 0 Å². The number of nitrogens with one attached hydrogen (secondary N) is 1. The van der Waals surface area contributed by atoms with Crippen LogP contribution in [0.4, 0.5) is 4.39 Å². The lowest BCUT2D eigenvalue weighted by Gasteiger charge is -2.18. The largest absolute Gasteiger partial charge is 0.313 e. The monoisotopic (exact) mass is 375 g/mol. The van der Waals surface area contributed by atoms with E-state index in [2.05, 4.69) is 21.2 Å². The van der Waals surface area contributed by atoms with Gasteiger partial charge in [0.1, 0.15) is 5.82 Å². The zero-order valence-electron chi connectivity index (χ0n) is 10.8. The van der Waals surface area contributed by atoms with Gasteiger partial charge in [0.2, 0.25) is 0 Å². The Hall–Kier alpha value is -0.610. The molecule has 0 aliphatic heterocycles. The van der Waals surface area contributed by atoms with Crippen LogP contribution in [0, 0.1) is 5.82 Å². The number of hydrogen-bond acceptors (Lipinski definition) is 1. The summed E-state index contributed by atoms with van der Waals surface area (Å²) in [4.78, 5) is 0. The SMILES string of the molecule is CNC(Cc1cccc(Cl)c1F)c1ccc(Cl)c(Br)c1. The molecule has 0 bridgehead atoms. The molecular weight excluding hydrogens is 364 g/mol. The van der Waals surface area contributed by atoms with Crippen molar-refractivity contribution >= 4 is 39.1 Å². The first-order chi connectivity index (χ1) is 9.52. The number of rotatable bonds is 4. The third-order valence-electron chi connectivity index (χ3n) is 3.15. The Morgan fingerprint density at radius 1 is 1.20 bits per heavy atom. The maximum Gasteiger partial charge on any atom is 0.145 e. The van der Waals surface area contributed by atoms with Gasteiger partial charge in [-0.2, -0.15) is 0 Å². The van der Waals surface area contributed by atoms with E-state index in [1.807, 2.05) is 25.2 Å². The first-order valence-corrected chi connectivity index (χ1v) is 7.63. The molecule has 0 amide bonds. The molecule has 1 nitrogen and oxygen atoms in total. The second-order valence-electron chi connectivity index (χ2n) is 4.43. The fourth-order valence-electron chi connectivity index (χ4n) is 2.04. The maximum absolute atomic E-state index is 14.0. The van der Waals surface area contributed by atoms with Gasteiger partial charge in [0.15, 0.2) is 0 Å². The van der Waals surface area contributed by atoms with Crippen molar-refractivity contribution in [3.05, 3.63) is 67.9 Å². The molecule has 0 saturated carbocycles. The van der Waals surface area contributed by atoms with E-state index in [-0.39, 0.29) is 16.9 Å². The van der Waals surface area contributed by atoms with E-state index in [9.17, 15) is 4.39 Å². The Balaban J connectivity index is 2.28. The van der Waals surface area contributed by atoms with Gasteiger partial charge >= 0.3 is 0 Å². The quantitative estimate of drug-likeness (QED) is 0.753. The van der Waals surface area contributed by atoms with Crippen LogP contribution in [0.25, 0.3) is 0 Å². The van der Waals surface area contributed by atoms with Crippen molar-refractivity contribution in [3.8, 4) is 0 Å². The van der Waals surface area contributed by atoms with Crippen LogP contribution < -0.4 is 5.32 Å². The van der Waals surface area contributed by atoms with Crippen LogP contribution in [-0.4, -0.2) is 7.05 Å². The van der Waals surface area contributed by atoms with E-state index in [1.54, 1.807) is 18.2 Å². The molecule has 1 atom stereocenters. The summed E-state index contributed by atoms with van der Waals surface area (Å²) in [5.74, 6) is -0.359. The van der Waals surface area contributed by atoms with Crippen molar-refractivity contribution in [3.63, 3.8) is 0 Å². The first-order valence-electron chi connectivity index (χ1n) is 6.08. The van der Waals surface area contributed by atoms with Crippen LogP contribution in [0.2, 0.25) is 10.0 Å². The van der Waals surface area contributed by atoms with Crippen molar-refractivity contribution in [1.29, 1.82) is 0 Å². The van der Waals surface area contributed by atoms with Crippen molar-refractivity contribution in [2.75, 3.05) is 7.05 Å². The summed E-state index contributed by atoms with van der Waals surface area (Å²) in [6.07, 6.45) is 0.511. The van der Waals surface area contributed by atoms with E-state index in [0.717, 1.165) is 10.0 Å². The molecule has 20 heavy (non-hydrogen) atoms. The highest BCUT2D eigenvalue weighted by Crippen LogP contribution is 2.28. The van der Waals surface area contributed by atoms with Crippen molar-refractivity contribution in [2.24, 2.45) is 0 Å². The molecule has 0 saturated heterocycles. The lowest BCUT2D eigenvalue weighted by molar-refractivity contribution is 0.554. The van der Waals surface area contributed by atoms with E-state index >= 15 is 0 Å². The lowest BCUT2D eigenvalue weighted by atomic mass is 9.99. The van der Waals surface area contributed by atoms with Gasteiger partial charge in [-0.1, -0.05) is 41.4 Å². The standard InChI is InChI=1S/C15H13BrCl2FN/c1-20-14(9-5-6-12(17)11(16)7-9)8-10-3-2-4-13(18)15(10)19/h2-7,14,20H,8H2,1H3. The highest BCUT2D eigenvalue weighted by molar-refractivity contribution is 9.10. The Labute approximate surface area is 136 Å². The summed E-state index contributed by atoms with van der Waals surface area (Å²) in [7, 11) is 1.84. The number of benzene rings is 2. The van der Waals surface area contributed by atoms with Crippen LogP contribution in [0.15, 0.2) is 40.9 Å². The molecule has 0 aromatic heterocycles. The summed E-state index contributed by atoms with van der Waals surface area (Å²) in [6.45, 7) is 0. The number of likely N-dealkylation sites (N-methyl/N-ethyl adjacent to an activating group) is 1. The molecule has 106 valence electrons. The first kappa shape index (κ1) is 15.8. The fourth-order valence-corrected chi connectivity index (χ4v) is 2.75. The number of halogens is 4. The predicted molar refractivity (Wildman–Crippen MR) is 86.1 cm³/mol. The molecule has 1 unspecified atom stereocenters.